The standard InChI is InChI=1S/C26H53NO4S.Na/c1-2-3-4-5-6-7-8-9-10-11-12-13-14-15-16-17-18-19-20-23-26(28)27-24-21-22-25-32(29,30)31;/h2-25H2,1H3,(H,27,28)(H,29,30,31);/q;+1/p-1. The van der Waals surface area contributed by atoms with Crippen molar-refractivity contribution in [2.75, 3.05) is 12.3 Å². The quantitative estimate of drug-likeness (QED) is 0.0672. The Hall–Kier alpha value is 0.380. The molecule has 0 rings (SSSR count). The summed E-state index contributed by atoms with van der Waals surface area (Å²) in [7, 11) is -3.89. The van der Waals surface area contributed by atoms with Gasteiger partial charge in [-0.3, -0.25) is 4.55 Å². The maximum Gasteiger partial charge on any atom is 1.00 e. The second-order valence-corrected chi connectivity index (χ2v) is 11.0. The molecule has 0 aliphatic carbocycles. The molecule has 0 aromatic carbocycles. The van der Waals surface area contributed by atoms with E-state index in [9.17, 15) is 13.5 Å². The minimum absolute atomic E-state index is 0. The van der Waals surface area contributed by atoms with Crippen molar-refractivity contribution in [3.8, 4) is 0 Å². The first-order valence-corrected chi connectivity index (χ1v) is 15.2. The molecule has 0 saturated heterocycles. The van der Waals surface area contributed by atoms with E-state index in [2.05, 4.69) is 11.9 Å². The third-order valence-electron chi connectivity index (χ3n) is 6.09. The predicted octanol–water partition coefficient (Wildman–Crippen LogP) is 4.24. The summed E-state index contributed by atoms with van der Waals surface area (Å²) in [5.41, 5.74) is 0. The zero-order valence-corrected chi connectivity index (χ0v) is 24.8. The van der Waals surface area contributed by atoms with Crippen molar-refractivity contribution in [1.29, 1.82) is 0 Å². The molecule has 0 spiro atoms. The fourth-order valence-corrected chi connectivity index (χ4v) is 4.60. The molecule has 0 atom stereocenters. The van der Waals surface area contributed by atoms with Crippen LogP contribution < -0.4 is 34.7 Å². The zero-order valence-electron chi connectivity index (χ0n) is 22.0. The topological polar surface area (TPSA) is 89.8 Å². The van der Waals surface area contributed by atoms with Crippen LogP contribution in [-0.4, -0.2) is 31.2 Å². The molecule has 0 saturated carbocycles. The van der Waals surface area contributed by atoms with Crippen molar-refractivity contribution in [3.63, 3.8) is 0 Å². The summed E-state index contributed by atoms with van der Waals surface area (Å²) in [4.78, 5) is 3.95. The second-order valence-electron chi connectivity index (χ2n) is 9.38. The number of nitrogens with zero attached hydrogens (tertiary/aromatic N) is 1. The van der Waals surface area contributed by atoms with Crippen LogP contribution in [0.1, 0.15) is 148 Å². The Kier molecular flexibility index (Phi) is 29.1. The minimum Gasteiger partial charge on any atom is -0.862 e. The zero-order chi connectivity index (χ0) is 23.8. The average Bonchev–Trinajstić information content (AvgIpc) is 2.74. The van der Waals surface area contributed by atoms with Crippen molar-refractivity contribution < 1.29 is 47.6 Å². The van der Waals surface area contributed by atoms with E-state index in [0.29, 0.717) is 25.8 Å². The van der Waals surface area contributed by atoms with Crippen LogP contribution >= 0.6 is 0 Å². The SMILES string of the molecule is CCCCCCCCCCCCCCCCCCCCCC([O-])=NCCCCS(=O)(=O)O.[Na+]. The third-order valence-corrected chi connectivity index (χ3v) is 6.90. The molecule has 0 aromatic heterocycles. The normalized spacial score (nSPS) is 12.1. The van der Waals surface area contributed by atoms with E-state index in [-0.39, 0.29) is 41.2 Å². The van der Waals surface area contributed by atoms with E-state index in [4.69, 9.17) is 4.55 Å². The first-order valence-electron chi connectivity index (χ1n) is 13.6. The van der Waals surface area contributed by atoms with Crippen LogP contribution in [0.4, 0.5) is 0 Å². The van der Waals surface area contributed by atoms with Crippen LogP contribution in [0.25, 0.3) is 0 Å². The molecule has 0 aliphatic heterocycles. The van der Waals surface area contributed by atoms with Crippen molar-refractivity contribution in [2.45, 2.75) is 148 Å². The molecule has 5 nitrogen and oxygen atoms in total. The summed E-state index contributed by atoms with van der Waals surface area (Å²) in [6.45, 7) is 2.63. The summed E-state index contributed by atoms with van der Waals surface area (Å²) in [5.74, 6) is -0.334. The molecule has 7 heteroatoms. The molecule has 0 aromatic rings. The van der Waals surface area contributed by atoms with Gasteiger partial charge in [0.15, 0.2) is 0 Å². The van der Waals surface area contributed by atoms with Crippen LogP contribution in [0.2, 0.25) is 0 Å². The van der Waals surface area contributed by atoms with E-state index in [1.165, 1.54) is 109 Å². The minimum atomic E-state index is -3.89. The Morgan fingerprint density at radius 3 is 1.36 bits per heavy atom. The van der Waals surface area contributed by atoms with Crippen LogP contribution in [0.15, 0.2) is 4.99 Å². The maximum absolute atomic E-state index is 11.7. The Morgan fingerprint density at radius 2 is 1.00 bits per heavy atom. The number of unbranched alkanes of at least 4 members (excludes halogenated alkanes) is 19. The van der Waals surface area contributed by atoms with Crippen molar-refractivity contribution >= 4 is 16.0 Å². The van der Waals surface area contributed by atoms with Gasteiger partial charge in [-0.2, -0.15) is 8.42 Å². The molecule has 192 valence electrons. The number of hydrogen-bond acceptors (Lipinski definition) is 4. The monoisotopic (exact) mass is 497 g/mol. The molecular weight excluding hydrogens is 445 g/mol. The van der Waals surface area contributed by atoms with E-state index >= 15 is 0 Å². The van der Waals surface area contributed by atoms with Crippen LogP contribution in [0, 0.1) is 0 Å². The first-order chi connectivity index (χ1) is 15.5. The van der Waals surface area contributed by atoms with Gasteiger partial charge in [0.1, 0.15) is 0 Å². The van der Waals surface area contributed by atoms with E-state index in [0.717, 1.165) is 12.8 Å². The fraction of sp³-hybridized carbons (Fsp3) is 0.962. The van der Waals surface area contributed by atoms with Gasteiger partial charge in [0, 0.05) is 6.54 Å². The summed E-state index contributed by atoms with van der Waals surface area (Å²) in [5, 5.41) is 11.7. The second kappa shape index (κ2) is 27.0. The summed E-state index contributed by atoms with van der Waals surface area (Å²) >= 11 is 0. The molecular formula is C26H52NNaO4S. The summed E-state index contributed by atoms with van der Waals surface area (Å²) in [6.07, 6.45) is 26.8. The molecule has 0 fully saturated rings. The van der Waals surface area contributed by atoms with Crippen LogP contribution in [0.3, 0.4) is 0 Å². The number of rotatable bonds is 25. The number of hydrogen-bond donors (Lipinski definition) is 1. The van der Waals surface area contributed by atoms with Gasteiger partial charge in [-0.25, -0.2) is 0 Å². The number of aliphatic imine (C=N–C) groups is 1. The largest absolute Gasteiger partial charge is 1.00 e. The third kappa shape index (κ3) is 32.4. The Balaban J connectivity index is 0. The van der Waals surface area contributed by atoms with Gasteiger partial charge in [0.25, 0.3) is 10.1 Å². The molecule has 0 radical (unpaired) electrons. The van der Waals surface area contributed by atoms with Gasteiger partial charge in [-0.05, 0) is 31.6 Å². The molecule has 33 heavy (non-hydrogen) atoms. The fourth-order valence-electron chi connectivity index (χ4n) is 4.03. The van der Waals surface area contributed by atoms with Crippen molar-refractivity contribution in [2.24, 2.45) is 4.99 Å². The molecule has 0 amide bonds. The van der Waals surface area contributed by atoms with Gasteiger partial charge in [-0.15, -0.1) is 0 Å². The Labute approximate surface area is 228 Å². The predicted molar refractivity (Wildman–Crippen MR) is 136 cm³/mol. The average molecular weight is 498 g/mol. The molecule has 0 bridgehead atoms. The molecule has 0 aliphatic rings. The van der Waals surface area contributed by atoms with Crippen molar-refractivity contribution in [3.05, 3.63) is 0 Å². The van der Waals surface area contributed by atoms with Gasteiger partial charge in [0.2, 0.25) is 0 Å². The molecule has 0 heterocycles. The summed E-state index contributed by atoms with van der Waals surface area (Å²) < 4.78 is 29.8. The van der Waals surface area contributed by atoms with Crippen molar-refractivity contribution in [1.82, 2.24) is 0 Å². The van der Waals surface area contributed by atoms with Gasteiger partial charge in [-0.1, -0.05) is 122 Å². The molecule has 1 N–H and O–H groups in total. The van der Waals surface area contributed by atoms with Gasteiger partial charge >= 0.3 is 29.6 Å². The first kappa shape index (κ1) is 35.5. The van der Waals surface area contributed by atoms with Gasteiger partial charge in [0.05, 0.1) is 5.75 Å². The van der Waals surface area contributed by atoms with E-state index in [1.54, 1.807) is 0 Å². The Morgan fingerprint density at radius 1 is 0.636 bits per heavy atom. The Bertz CT molecular complexity index is 526. The van der Waals surface area contributed by atoms with E-state index < -0.39 is 10.1 Å². The molecule has 0 unspecified atom stereocenters. The van der Waals surface area contributed by atoms with Crippen LogP contribution in [-0.2, 0) is 10.1 Å². The maximum atomic E-state index is 11.7. The van der Waals surface area contributed by atoms with E-state index in [1.807, 2.05) is 0 Å². The van der Waals surface area contributed by atoms with Crippen LogP contribution in [0.5, 0.6) is 0 Å². The smallest absolute Gasteiger partial charge is 0.862 e. The summed E-state index contributed by atoms with van der Waals surface area (Å²) in [6, 6.07) is 0. The van der Waals surface area contributed by atoms with Gasteiger partial charge < -0.3 is 10.1 Å².